The summed E-state index contributed by atoms with van der Waals surface area (Å²) in [7, 11) is 2.03. The molecule has 16 heavy (non-hydrogen) atoms. The maximum absolute atomic E-state index is 3.20. The highest BCUT2D eigenvalue weighted by molar-refractivity contribution is 5.14. The minimum absolute atomic E-state index is 0.373. The summed E-state index contributed by atoms with van der Waals surface area (Å²) in [6, 6.07) is 0. The summed E-state index contributed by atoms with van der Waals surface area (Å²) in [6.07, 6.45) is 6.32. The van der Waals surface area contributed by atoms with E-state index in [1.54, 1.807) is 5.57 Å². The van der Waals surface area contributed by atoms with Crippen LogP contribution in [0.2, 0.25) is 0 Å². The molecule has 1 aliphatic heterocycles. The summed E-state index contributed by atoms with van der Waals surface area (Å²) in [5.41, 5.74) is 2.01. The van der Waals surface area contributed by atoms with Crippen molar-refractivity contribution in [1.82, 2.24) is 10.2 Å². The summed E-state index contributed by atoms with van der Waals surface area (Å²) in [4.78, 5) is 2.57. The molecule has 1 heterocycles. The number of hydrogen-bond donors (Lipinski definition) is 1. The van der Waals surface area contributed by atoms with Crippen LogP contribution >= 0.6 is 0 Å². The van der Waals surface area contributed by atoms with Crippen LogP contribution in [0.25, 0.3) is 0 Å². The van der Waals surface area contributed by atoms with Crippen molar-refractivity contribution in [3.05, 3.63) is 11.6 Å². The van der Waals surface area contributed by atoms with Crippen LogP contribution < -0.4 is 5.32 Å². The number of rotatable bonds is 5. The van der Waals surface area contributed by atoms with Gasteiger partial charge >= 0.3 is 0 Å². The first-order valence-corrected chi connectivity index (χ1v) is 6.60. The van der Waals surface area contributed by atoms with Gasteiger partial charge in [-0.05, 0) is 44.8 Å². The Bertz CT molecular complexity index is 225. The van der Waals surface area contributed by atoms with Crippen LogP contribution in [0.4, 0.5) is 0 Å². The Morgan fingerprint density at radius 3 is 2.56 bits per heavy atom. The minimum atomic E-state index is 0.373. The van der Waals surface area contributed by atoms with E-state index < -0.39 is 0 Å². The van der Waals surface area contributed by atoms with Crippen molar-refractivity contribution in [2.45, 2.75) is 40.0 Å². The number of nitrogens with one attached hydrogen (secondary N) is 1. The summed E-state index contributed by atoms with van der Waals surface area (Å²) in [6.45, 7) is 11.8. The Morgan fingerprint density at radius 1 is 1.31 bits per heavy atom. The van der Waals surface area contributed by atoms with E-state index in [-0.39, 0.29) is 0 Å². The standard InChI is InChI=1S/C14H28N2/c1-14(2,3)13-7-11-16(12-8-13)10-6-5-9-15-4/h7,15H,5-6,8-12H2,1-4H3. The Kier molecular flexibility index (Phi) is 5.50. The van der Waals surface area contributed by atoms with E-state index in [9.17, 15) is 0 Å². The van der Waals surface area contributed by atoms with E-state index >= 15 is 0 Å². The fourth-order valence-corrected chi connectivity index (χ4v) is 2.23. The second-order valence-electron chi connectivity index (χ2n) is 5.84. The molecule has 0 unspecified atom stereocenters. The summed E-state index contributed by atoms with van der Waals surface area (Å²) < 4.78 is 0. The molecule has 0 radical (unpaired) electrons. The first kappa shape index (κ1) is 13.7. The van der Waals surface area contributed by atoms with E-state index in [1.807, 2.05) is 7.05 Å². The average molecular weight is 224 g/mol. The van der Waals surface area contributed by atoms with Gasteiger partial charge in [0.15, 0.2) is 0 Å². The third-order valence-electron chi connectivity index (χ3n) is 3.41. The van der Waals surface area contributed by atoms with Gasteiger partial charge in [0.25, 0.3) is 0 Å². The summed E-state index contributed by atoms with van der Waals surface area (Å²) >= 11 is 0. The lowest BCUT2D eigenvalue weighted by Crippen LogP contribution is -2.32. The van der Waals surface area contributed by atoms with E-state index in [2.05, 4.69) is 37.1 Å². The quantitative estimate of drug-likeness (QED) is 0.570. The molecular weight excluding hydrogens is 196 g/mol. The maximum Gasteiger partial charge on any atom is 0.0166 e. The molecule has 0 aromatic carbocycles. The highest BCUT2D eigenvalue weighted by Crippen LogP contribution is 2.29. The van der Waals surface area contributed by atoms with E-state index in [0.717, 1.165) is 13.1 Å². The average Bonchev–Trinajstić information content (AvgIpc) is 2.24. The molecule has 1 aliphatic rings. The Labute approximate surface area is 101 Å². The maximum atomic E-state index is 3.20. The molecule has 2 heteroatoms. The minimum Gasteiger partial charge on any atom is -0.320 e. The van der Waals surface area contributed by atoms with Gasteiger partial charge < -0.3 is 5.32 Å². The smallest absolute Gasteiger partial charge is 0.0166 e. The van der Waals surface area contributed by atoms with Gasteiger partial charge in [-0.25, -0.2) is 0 Å². The predicted octanol–water partition coefficient (Wildman–Crippen LogP) is 2.66. The molecule has 0 spiro atoms. The monoisotopic (exact) mass is 224 g/mol. The lowest BCUT2D eigenvalue weighted by Gasteiger charge is -2.32. The summed E-state index contributed by atoms with van der Waals surface area (Å²) in [5.74, 6) is 0. The van der Waals surface area contributed by atoms with Gasteiger partial charge in [-0.3, -0.25) is 4.90 Å². The highest BCUT2D eigenvalue weighted by atomic mass is 15.1. The first-order valence-electron chi connectivity index (χ1n) is 6.60. The van der Waals surface area contributed by atoms with Crippen molar-refractivity contribution < 1.29 is 0 Å². The molecule has 0 saturated carbocycles. The zero-order chi connectivity index (χ0) is 12.0. The number of nitrogens with zero attached hydrogens (tertiary/aromatic N) is 1. The molecule has 0 atom stereocenters. The van der Waals surface area contributed by atoms with Crippen molar-refractivity contribution >= 4 is 0 Å². The lowest BCUT2D eigenvalue weighted by atomic mass is 9.83. The topological polar surface area (TPSA) is 15.3 Å². The van der Waals surface area contributed by atoms with Crippen LogP contribution in [0.5, 0.6) is 0 Å². The second-order valence-corrected chi connectivity index (χ2v) is 5.84. The molecule has 1 rings (SSSR count). The number of hydrogen-bond acceptors (Lipinski definition) is 2. The van der Waals surface area contributed by atoms with E-state index in [4.69, 9.17) is 0 Å². The predicted molar refractivity (Wildman–Crippen MR) is 71.8 cm³/mol. The molecule has 0 amide bonds. The van der Waals surface area contributed by atoms with Crippen LogP contribution in [0, 0.1) is 5.41 Å². The fraction of sp³-hybridized carbons (Fsp3) is 0.857. The fourth-order valence-electron chi connectivity index (χ4n) is 2.23. The SMILES string of the molecule is CNCCCCN1CC=C(C(C)(C)C)CC1. The van der Waals surface area contributed by atoms with Crippen LogP contribution in [0.15, 0.2) is 11.6 Å². The Hall–Kier alpha value is -0.340. The molecule has 0 aromatic rings. The zero-order valence-corrected chi connectivity index (χ0v) is 11.5. The Balaban J connectivity index is 2.23. The van der Waals surface area contributed by atoms with Crippen molar-refractivity contribution in [2.75, 3.05) is 33.2 Å². The van der Waals surface area contributed by atoms with E-state index in [0.29, 0.717) is 5.41 Å². The lowest BCUT2D eigenvalue weighted by molar-refractivity contribution is 0.273. The molecule has 2 nitrogen and oxygen atoms in total. The van der Waals surface area contributed by atoms with Crippen molar-refractivity contribution in [1.29, 1.82) is 0 Å². The van der Waals surface area contributed by atoms with Crippen LogP contribution in [-0.4, -0.2) is 38.1 Å². The van der Waals surface area contributed by atoms with Gasteiger partial charge in [0.2, 0.25) is 0 Å². The Morgan fingerprint density at radius 2 is 2.06 bits per heavy atom. The van der Waals surface area contributed by atoms with Gasteiger partial charge in [0, 0.05) is 13.1 Å². The van der Waals surface area contributed by atoms with Gasteiger partial charge in [-0.15, -0.1) is 0 Å². The van der Waals surface area contributed by atoms with Crippen LogP contribution in [-0.2, 0) is 0 Å². The molecule has 94 valence electrons. The third-order valence-corrected chi connectivity index (χ3v) is 3.41. The van der Waals surface area contributed by atoms with Gasteiger partial charge in [-0.1, -0.05) is 32.4 Å². The van der Waals surface area contributed by atoms with Crippen LogP contribution in [0.1, 0.15) is 40.0 Å². The molecule has 0 aromatic heterocycles. The third kappa shape index (κ3) is 4.67. The highest BCUT2D eigenvalue weighted by Gasteiger charge is 2.20. The molecule has 0 bridgehead atoms. The van der Waals surface area contributed by atoms with Crippen molar-refractivity contribution in [2.24, 2.45) is 5.41 Å². The van der Waals surface area contributed by atoms with Gasteiger partial charge in [-0.2, -0.15) is 0 Å². The molecular formula is C14H28N2. The zero-order valence-electron chi connectivity index (χ0n) is 11.5. The molecule has 0 aliphatic carbocycles. The van der Waals surface area contributed by atoms with Crippen LogP contribution in [0.3, 0.4) is 0 Å². The molecule has 0 saturated heterocycles. The number of unbranched alkanes of at least 4 members (excludes halogenated alkanes) is 1. The van der Waals surface area contributed by atoms with E-state index in [1.165, 1.54) is 32.4 Å². The van der Waals surface area contributed by atoms with Gasteiger partial charge in [0.1, 0.15) is 0 Å². The molecule has 1 N–H and O–H groups in total. The second kappa shape index (κ2) is 6.41. The van der Waals surface area contributed by atoms with Gasteiger partial charge in [0.05, 0.1) is 0 Å². The van der Waals surface area contributed by atoms with Crippen molar-refractivity contribution in [3.63, 3.8) is 0 Å². The molecule has 0 fully saturated rings. The first-order chi connectivity index (χ1) is 7.54. The normalized spacial score (nSPS) is 18.6. The summed E-state index contributed by atoms with van der Waals surface area (Å²) in [5, 5.41) is 3.20. The van der Waals surface area contributed by atoms with Crippen molar-refractivity contribution in [3.8, 4) is 0 Å². The largest absolute Gasteiger partial charge is 0.320 e.